The molecule has 2 aliphatic heterocycles. The number of carbonyl (C=O) groups is 2. The van der Waals surface area contributed by atoms with Crippen LogP contribution in [0, 0.1) is 0 Å². The topological polar surface area (TPSA) is 125 Å². The predicted octanol–water partition coefficient (Wildman–Crippen LogP) is 1.25. The van der Waals surface area contributed by atoms with Gasteiger partial charge in [0.05, 0.1) is 29.0 Å². The summed E-state index contributed by atoms with van der Waals surface area (Å²) in [6.45, 7) is 1.03. The Morgan fingerprint density at radius 1 is 1.15 bits per heavy atom. The average molecular weight is 354 g/mol. The first-order chi connectivity index (χ1) is 12.5. The lowest BCUT2D eigenvalue weighted by Gasteiger charge is -2.32. The molecule has 4 N–H and O–H groups in total. The number of carboxylic acid groups (broad SMARTS) is 1. The highest BCUT2D eigenvalue weighted by Crippen LogP contribution is 2.32. The maximum absolute atomic E-state index is 12.3. The van der Waals surface area contributed by atoms with Crippen LogP contribution >= 0.6 is 0 Å². The number of aromatic nitrogens is 2. The van der Waals surface area contributed by atoms with E-state index in [1.54, 1.807) is 24.3 Å². The lowest BCUT2D eigenvalue weighted by atomic mass is 10.2. The van der Waals surface area contributed by atoms with E-state index in [4.69, 9.17) is 10.8 Å². The van der Waals surface area contributed by atoms with Gasteiger partial charge in [-0.25, -0.2) is 14.8 Å². The summed E-state index contributed by atoms with van der Waals surface area (Å²) < 4.78 is 0. The number of nitrogens with zero attached hydrogens (tertiary/aromatic N) is 4. The number of para-hydroxylation sites is 2. The second kappa shape index (κ2) is 6.17. The van der Waals surface area contributed by atoms with Gasteiger partial charge in [-0.2, -0.15) is 0 Å². The van der Waals surface area contributed by atoms with Crippen molar-refractivity contribution in [1.82, 2.24) is 14.9 Å². The summed E-state index contributed by atoms with van der Waals surface area (Å²) in [6.07, 6.45) is 2.84. The van der Waals surface area contributed by atoms with E-state index in [1.807, 2.05) is 4.90 Å². The standard InChI is InChI=1S/C17H18N6O3/c18-13-3-1-2-4-14(13)21-15(24)10-6-19-16(20-7-10)22-8-12-5-11(22)9-23(12)17(25)26/h1-4,6-7,11-12H,5,8-9,18H2,(H,21,24)(H,25,26). The van der Waals surface area contributed by atoms with E-state index in [2.05, 4.69) is 15.3 Å². The number of rotatable bonds is 3. The molecular formula is C17H18N6O3. The van der Waals surface area contributed by atoms with Crippen LogP contribution in [0.15, 0.2) is 36.7 Å². The van der Waals surface area contributed by atoms with Crippen molar-refractivity contribution in [3.05, 3.63) is 42.2 Å². The van der Waals surface area contributed by atoms with E-state index in [9.17, 15) is 9.59 Å². The van der Waals surface area contributed by atoms with Crippen molar-refractivity contribution in [2.75, 3.05) is 29.0 Å². The predicted molar refractivity (Wildman–Crippen MR) is 95.1 cm³/mol. The molecule has 2 aliphatic rings. The van der Waals surface area contributed by atoms with Gasteiger partial charge in [0.2, 0.25) is 5.95 Å². The van der Waals surface area contributed by atoms with Crippen molar-refractivity contribution in [2.45, 2.75) is 18.5 Å². The molecule has 2 unspecified atom stereocenters. The molecule has 26 heavy (non-hydrogen) atoms. The molecule has 2 fully saturated rings. The molecule has 9 heteroatoms. The Morgan fingerprint density at radius 2 is 1.88 bits per heavy atom. The Balaban J connectivity index is 1.44. The lowest BCUT2D eigenvalue weighted by molar-refractivity contribution is 0.102. The number of amides is 2. The van der Waals surface area contributed by atoms with Gasteiger partial charge in [-0.1, -0.05) is 12.1 Å². The first-order valence-corrected chi connectivity index (χ1v) is 8.27. The van der Waals surface area contributed by atoms with E-state index in [0.29, 0.717) is 36.0 Å². The third-order valence-corrected chi connectivity index (χ3v) is 4.85. The molecule has 0 spiro atoms. The molecular weight excluding hydrogens is 336 g/mol. The minimum Gasteiger partial charge on any atom is -0.465 e. The molecule has 0 radical (unpaired) electrons. The second-order valence-corrected chi connectivity index (χ2v) is 6.44. The Hall–Kier alpha value is -3.36. The molecule has 9 nitrogen and oxygen atoms in total. The van der Waals surface area contributed by atoms with Gasteiger partial charge in [0.15, 0.2) is 0 Å². The van der Waals surface area contributed by atoms with Crippen molar-refractivity contribution < 1.29 is 14.7 Å². The molecule has 4 rings (SSSR count). The number of fused-ring (bicyclic) bond motifs is 2. The number of nitrogens with two attached hydrogens (primary N) is 1. The zero-order chi connectivity index (χ0) is 18.3. The third-order valence-electron chi connectivity index (χ3n) is 4.85. The number of anilines is 3. The van der Waals surface area contributed by atoms with E-state index >= 15 is 0 Å². The largest absolute Gasteiger partial charge is 0.465 e. The number of carbonyl (C=O) groups excluding carboxylic acids is 1. The lowest BCUT2D eigenvalue weighted by Crippen LogP contribution is -2.48. The molecule has 0 saturated carbocycles. The number of nitrogen functional groups attached to an aromatic ring is 1. The average Bonchev–Trinajstić information content (AvgIpc) is 3.24. The smallest absolute Gasteiger partial charge is 0.407 e. The third kappa shape index (κ3) is 2.77. The van der Waals surface area contributed by atoms with Crippen LogP contribution in [0.4, 0.5) is 22.1 Å². The van der Waals surface area contributed by atoms with Crippen LogP contribution in [-0.2, 0) is 0 Å². The quantitative estimate of drug-likeness (QED) is 0.708. The van der Waals surface area contributed by atoms with Crippen molar-refractivity contribution in [1.29, 1.82) is 0 Å². The summed E-state index contributed by atoms with van der Waals surface area (Å²) in [4.78, 5) is 35.5. The van der Waals surface area contributed by atoms with Gasteiger partial charge in [-0.05, 0) is 18.6 Å². The van der Waals surface area contributed by atoms with Gasteiger partial charge in [-0.3, -0.25) is 4.79 Å². The van der Waals surface area contributed by atoms with Gasteiger partial charge < -0.3 is 26.0 Å². The van der Waals surface area contributed by atoms with Gasteiger partial charge in [-0.15, -0.1) is 0 Å². The van der Waals surface area contributed by atoms with Gasteiger partial charge >= 0.3 is 6.09 Å². The summed E-state index contributed by atoms with van der Waals surface area (Å²) in [7, 11) is 0. The van der Waals surface area contributed by atoms with Crippen LogP contribution in [0.25, 0.3) is 0 Å². The Labute approximate surface area is 149 Å². The molecule has 134 valence electrons. The molecule has 3 heterocycles. The van der Waals surface area contributed by atoms with Crippen LogP contribution in [0.2, 0.25) is 0 Å². The van der Waals surface area contributed by atoms with E-state index in [0.717, 1.165) is 6.42 Å². The highest BCUT2D eigenvalue weighted by Gasteiger charge is 2.46. The Kier molecular flexibility index (Phi) is 3.83. The van der Waals surface area contributed by atoms with Crippen molar-refractivity contribution in [3.8, 4) is 0 Å². The van der Waals surface area contributed by atoms with Crippen molar-refractivity contribution >= 4 is 29.3 Å². The second-order valence-electron chi connectivity index (χ2n) is 6.44. The maximum atomic E-state index is 12.3. The zero-order valence-corrected chi connectivity index (χ0v) is 13.9. The highest BCUT2D eigenvalue weighted by atomic mass is 16.4. The Morgan fingerprint density at radius 3 is 2.50 bits per heavy atom. The van der Waals surface area contributed by atoms with Crippen LogP contribution < -0.4 is 16.0 Å². The summed E-state index contributed by atoms with van der Waals surface area (Å²) in [5, 5.41) is 11.9. The number of hydrogen-bond donors (Lipinski definition) is 3. The molecule has 1 aromatic carbocycles. The van der Waals surface area contributed by atoms with Gasteiger partial charge in [0.25, 0.3) is 5.91 Å². The SMILES string of the molecule is Nc1ccccc1NC(=O)c1cnc(N2CC3CC2CN3C(=O)O)nc1. The summed E-state index contributed by atoms with van der Waals surface area (Å²) >= 11 is 0. The fourth-order valence-electron chi connectivity index (χ4n) is 3.54. The van der Waals surface area contributed by atoms with E-state index < -0.39 is 6.09 Å². The first-order valence-electron chi connectivity index (χ1n) is 8.27. The van der Waals surface area contributed by atoms with Crippen LogP contribution in [0.5, 0.6) is 0 Å². The molecule has 0 aliphatic carbocycles. The van der Waals surface area contributed by atoms with Crippen LogP contribution in [0.3, 0.4) is 0 Å². The van der Waals surface area contributed by atoms with Crippen LogP contribution in [0.1, 0.15) is 16.8 Å². The molecule has 2 saturated heterocycles. The van der Waals surface area contributed by atoms with Crippen molar-refractivity contribution in [3.63, 3.8) is 0 Å². The molecule has 2 amide bonds. The molecule has 2 aromatic rings. The van der Waals surface area contributed by atoms with E-state index in [-0.39, 0.29) is 18.0 Å². The first kappa shape index (κ1) is 16.1. The fourth-order valence-corrected chi connectivity index (χ4v) is 3.54. The molecule has 2 atom stereocenters. The Bertz CT molecular complexity index is 856. The van der Waals surface area contributed by atoms with Crippen molar-refractivity contribution in [2.24, 2.45) is 0 Å². The van der Waals surface area contributed by atoms with Gasteiger partial charge in [0, 0.05) is 25.5 Å². The van der Waals surface area contributed by atoms with Gasteiger partial charge in [0.1, 0.15) is 0 Å². The minimum absolute atomic E-state index is 0.0230. The van der Waals surface area contributed by atoms with E-state index in [1.165, 1.54) is 17.3 Å². The summed E-state index contributed by atoms with van der Waals surface area (Å²) in [5.74, 6) is 0.174. The summed E-state index contributed by atoms with van der Waals surface area (Å²) in [5.41, 5.74) is 7.17. The highest BCUT2D eigenvalue weighted by molar-refractivity contribution is 6.05. The van der Waals surface area contributed by atoms with Crippen LogP contribution in [-0.4, -0.2) is 57.1 Å². The molecule has 2 bridgehead atoms. The zero-order valence-electron chi connectivity index (χ0n) is 13.9. The fraction of sp³-hybridized carbons (Fsp3) is 0.294. The number of piperazine rings is 1. The maximum Gasteiger partial charge on any atom is 0.407 e. The molecule has 1 aromatic heterocycles. The normalized spacial score (nSPS) is 21.1. The minimum atomic E-state index is -0.884. The number of benzene rings is 1. The monoisotopic (exact) mass is 354 g/mol. The number of nitrogens with one attached hydrogen (secondary N) is 1. The number of hydrogen-bond acceptors (Lipinski definition) is 6. The number of likely N-dealkylation sites (tertiary alicyclic amines) is 1. The summed E-state index contributed by atoms with van der Waals surface area (Å²) in [6, 6.07) is 7.06.